The van der Waals surface area contributed by atoms with Crippen LogP contribution in [0.4, 0.5) is 22.7 Å². The number of amides is 1. The van der Waals surface area contributed by atoms with Crippen molar-refractivity contribution in [3.05, 3.63) is 21.3 Å². The van der Waals surface area contributed by atoms with Gasteiger partial charge in [0.15, 0.2) is 5.01 Å². The smallest absolute Gasteiger partial charge is 0.387 e. The molecule has 2 aromatic rings. The number of halogens is 4. The van der Waals surface area contributed by atoms with Gasteiger partial charge in [-0.15, -0.1) is 21.5 Å². The third-order valence-corrected chi connectivity index (χ3v) is 3.64. The van der Waals surface area contributed by atoms with Gasteiger partial charge in [-0.1, -0.05) is 11.3 Å². The Morgan fingerprint density at radius 2 is 2.05 bits per heavy atom. The van der Waals surface area contributed by atoms with Crippen LogP contribution in [-0.4, -0.2) is 22.7 Å². The molecular weight excluding hydrogens is 322 g/mol. The zero-order valence-electron chi connectivity index (χ0n) is 9.35. The highest BCUT2D eigenvalue weighted by Gasteiger charge is 2.20. The van der Waals surface area contributed by atoms with Crippen molar-refractivity contribution in [2.45, 2.75) is 13.0 Å². The summed E-state index contributed by atoms with van der Waals surface area (Å²) in [5, 5.41) is 9.41. The number of hydrogen-bond acceptors (Lipinski definition) is 6. The van der Waals surface area contributed by atoms with Gasteiger partial charge in [-0.3, -0.25) is 10.1 Å². The Balaban J connectivity index is 2.09. The summed E-state index contributed by atoms with van der Waals surface area (Å²) in [5.74, 6) is -1.08. The Hall–Kier alpha value is -1.75. The summed E-state index contributed by atoms with van der Waals surface area (Å²) in [6, 6.07) is 1.20. The van der Waals surface area contributed by atoms with E-state index in [1.807, 2.05) is 0 Å². The number of nitrogens with one attached hydrogen (secondary N) is 1. The molecular formula is C9H5F4N3O2S2. The molecule has 2 heterocycles. The van der Waals surface area contributed by atoms with Gasteiger partial charge in [-0.2, -0.15) is 8.78 Å². The summed E-state index contributed by atoms with van der Waals surface area (Å²) in [7, 11) is 0. The maximum atomic E-state index is 12.3. The largest absolute Gasteiger partial charge is 0.433 e. The lowest BCUT2D eigenvalue weighted by Gasteiger charge is -2.04. The van der Waals surface area contributed by atoms with Crippen molar-refractivity contribution in [3.8, 4) is 5.75 Å². The zero-order valence-corrected chi connectivity index (χ0v) is 11.0. The maximum Gasteiger partial charge on any atom is 0.387 e. The first-order chi connectivity index (χ1) is 9.47. The van der Waals surface area contributed by atoms with Gasteiger partial charge in [0.2, 0.25) is 5.13 Å². The highest BCUT2D eigenvalue weighted by Crippen LogP contribution is 2.29. The molecule has 0 aromatic carbocycles. The van der Waals surface area contributed by atoms with Gasteiger partial charge in [0.1, 0.15) is 10.6 Å². The van der Waals surface area contributed by atoms with Crippen LogP contribution in [0.1, 0.15) is 21.1 Å². The number of carbonyl (C=O) groups is 1. The van der Waals surface area contributed by atoms with E-state index in [9.17, 15) is 22.4 Å². The predicted molar refractivity (Wildman–Crippen MR) is 63.8 cm³/mol. The number of aromatic nitrogens is 2. The van der Waals surface area contributed by atoms with Gasteiger partial charge in [0, 0.05) is 0 Å². The van der Waals surface area contributed by atoms with Crippen molar-refractivity contribution in [3.63, 3.8) is 0 Å². The second kappa shape index (κ2) is 6.13. The van der Waals surface area contributed by atoms with E-state index in [1.54, 1.807) is 0 Å². The molecule has 0 aliphatic rings. The number of carbonyl (C=O) groups excluding carboxylic acids is 1. The van der Waals surface area contributed by atoms with E-state index in [-0.39, 0.29) is 15.8 Å². The van der Waals surface area contributed by atoms with Gasteiger partial charge in [-0.05, 0) is 11.4 Å². The van der Waals surface area contributed by atoms with Crippen molar-refractivity contribution >= 4 is 33.7 Å². The number of rotatable bonds is 5. The molecule has 0 aliphatic heterocycles. The number of nitrogens with zero attached hydrogens (tertiary/aromatic N) is 2. The molecule has 0 bridgehead atoms. The van der Waals surface area contributed by atoms with Gasteiger partial charge in [0.25, 0.3) is 12.3 Å². The molecule has 0 aliphatic carbocycles. The van der Waals surface area contributed by atoms with Crippen LogP contribution in [0.15, 0.2) is 11.4 Å². The molecule has 0 spiro atoms. The van der Waals surface area contributed by atoms with Crippen molar-refractivity contribution in [2.75, 3.05) is 5.32 Å². The van der Waals surface area contributed by atoms with E-state index in [4.69, 9.17) is 0 Å². The van der Waals surface area contributed by atoms with Crippen molar-refractivity contribution in [1.82, 2.24) is 10.2 Å². The van der Waals surface area contributed by atoms with Gasteiger partial charge in [0.05, 0.1) is 0 Å². The minimum absolute atomic E-state index is 0.112. The fourth-order valence-electron chi connectivity index (χ4n) is 1.18. The number of hydrogen-bond donors (Lipinski definition) is 1. The van der Waals surface area contributed by atoms with Crippen LogP contribution in [-0.2, 0) is 0 Å². The molecule has 0 saturated carbocycles. The standard InChI is InChI=1S/C9H5F4N3O2S2/c10-5(11)7-15-16-9(20-7)14-6(17)4-3(1-2-19-4)18-8(12)13/h1-2,5,8H,(H,14,16,17). The topological polar surface area (TPSA) is 64.1 Å². The number of thiophene rings is 1. The first kappa shape index (κ1) is 14.7. The van der Waals surface area contributed by atoms with Crippen LogP contribution in [0.2, 0.25) is 0 Å². The summed E-state index contributed by atoms with van der Waals surface area (Å²) >= 11 is 1.37. The van der Waals surface area contributed by atoms with E-state index < -0.39 is 24.0 Å². The number of ether oxygens (including phenoxy) is 1. The second-order valence-corrected chi connectivity index (χ2v) is 5.12. The molecule has 5 nitrogen and oxygen atoms in total. The molecule has 0 atom stereocenters. The minimum atomic E-state index is -3.07. The monoisotopic (exact) mass is 327 g/mol. The van der Waals surface area contributed by atoms with Crippen LogP contribution in [0.25, 0.3) is 0 Å². The Morgan fingerprint density at radius 3 is 2.65 bits per heavy atom. The van der Waals surface area contributed by atoms with Gasteiger partial charge >= 0.3 is 6.61 Å². The van der Waals surface area contributed by atoms with Crippen molar-refractivity contribution < 1.29 is 27.1 Å². The number of alkyl halides is 4. The Kier molecular flexibility index (Phi) is 4.49. The van der Waals surface area contributed by atoms with Crippen LogP contribution < -0.4 is 10.1 Å². The lowest BCUT2D eigenvalue weighted by molar-refractivity contribution is -0.0498. The number of anilines is 1. The molecule has 1 amide bonds. The third-order valence-electron chi connectivity index (χ3n) is 1.90. The predicted octanol–water partition coefficient (Wildman–Crippen LogP) is 3.39. The molecule has 2 aromatic heterocycles. The van der Waals surface area contributed by atoms with Crippen molar-refractivity contribution in [2.24, 2.45) is 0 Å². The molecule has 20 heavy (non-hydrogen) atoms. The van der Waals surface area contributed by atoms with Crippen LogP contribution in [0, 0.1) is 0 Å². The van der Waals surface area contributed by atoms with Crippen LogP contribution >= 0.6 is 22.7 Å². The first-order valence-electron chi connectivity index (χ1n) is 4.92. The molecule has 0 unspecified atom stereocenters. The molecule has 0 fully saturated rings. The average Bonchev–Trinajstić information content (AvgIpc) is 2.97. The molecule has 2 rings (SSSR count). The molecule has 0 saturated heterocycles. The molecule has 108 valence electrons. The van der Waals surface area contributed by atoms with Gasteiger partial charge in [-0.25, -0.2) is 8.78 Å². The fraction of sp³-hybridized carbons (Fsp3) is 0.222. The maximum absolute atomic E-state index is 12.3. The average molecular weight is 327 g/mol. The van der Waals surface area contributed by atoms with E-state index in [1.165, 1.54) is 11.4 Å². The van der Waals surface area contributed by atoms with E-state index >= 15 is 0 Å². The lowest BCUT2D eigenvalue weighted by atomic mass is 10.4. The summed E-state index contributed by atoms with van der Waals surface area (Å²) in [4.78, 5) is 11.7. The zero-order chi connectivity index (χ0) is 14.7. The highest BCUT2D eigenvalue weighted by molar-refractivity contribution is 7.15. The lowest BCUT2D eigenvalue weighted by Crippen LogP contribution is -2.12. The van der Waals surface area contributed by atoms with Crippen LogP contribution in [0.5, 0.6) is 5.75 Å². The summed E-state index contributed by atoms with van der Waals surface area (Å²) in [6.07, 6.45) is -2.79. The van der Waals surface area contributed by atoms with Gasteiger partial charge < -0.3 is 4.74 Å². The fourth-order valence-corrected chi connectivity index (χ4v) is 2.49. The van der Waals surface area contributed by atoms with E-state index in [0.717, 1.165) is 11.3 Å². The summed E-state index contributed by atoms with van der Waals surface area (Å²) < 4.78 is 53.0. The Morgan fingerprint density at radius 1 is 1.30 bits per heavy atom. The summed E-state index contributed by atoms with van der Waals surface area (Å²) in [5.41, 5.74) is 0. The highest BCUT2D eigenvalue weighted by atomic mass is 32.1. The minimum Gasteiger partial charge on any atom is -0.433 e. The molecule has 1 N–H and O–H groups in total. The van der Waals surface area contributed by atoms with Crippen molar-refractivity contribution in [1.29, 1.82) is 0 Å². The Bertz CT molecular complexity index is 602. The quantitative estimate of drug-likeness (QED) is 0.855. The van der Waals surface area contributed by atoms with Crippen LogP contribution in [0.3, 0.4) is 0 Å². The Labute approximate surface area is 117 Å². The SMILES string of the molecule is O=C(Nc1nnc(C(F)F)s1)c1sccc1OC(F)F. The third kappa shape index (κ3) is 3.42. The molecule has 11 heteroatoms. The first-order valence-corrected chi connectivity index (χ1v) is 6.62. The van der Waals surface area contributed by atoms with E-state index in [0.29, 0.717) is 11.3 Å². The van der Waals surface area contributed by atoms with E-state index in [2.05, 4.69) is 20.3 Å². The normalized spacial score (nSPS) is 11.1. The summed E-state index contributed by atoms with van der Waals surface area (Å²) in [6.45, 7) is -3.07. The second-order valence-electron chi connectivity index (χ2n) is 3.19. The molecule has 0 radical (unpaired) electrons.